The molecule has 0 radical (unpaired) electrons. The SMILES string of the molecule is C/C(=C(/C#N)SP(C)NC1CC(O)COC1O)c1ccc2cc(NCCN3CCOCC3)ccc2c1. The van der Waals surface area contributed by atoms with Crippen LogP contribution in [-0.4, -0.2) is 86.2 Å². The summed E-state index contributed by atoms with van der Waals surface area (Å²) in [4.78, 5) is 3.05. The summed E-state index contributed by atoms with van der Waals surface area (Å²) in [7, 11) is -0.851. The third-order valence-electron chi connectivity index (χ3n) is 6.48. The fourth-order valence-electron chi connectivity index (χ4n) is 4.39. The quantitative estimate of drug-likeness (QED) is 0.286. The number of anilines is 1. The summed E-state index contributed by atoms with van der Waals surface area (Å²) in [6.07, 6.45) is -1.12. The molecule has 2 aliphatic heterocycles. The molecule has 2 saturated heterocycles. The molecule has 2 aliphatic rings. The molecule has 194 valence electrons. The van der Waals surface area contributed by atoms with Gasteiger partial charge < -0.3 is 25.0 Å². The molecule has 2 aromatic carbocycles. The second-order valence-electron chi connectivity index (χ2n) is 9.16. The van der Waals surface area contributed by atoms with Gasteiger partial charge in [-0.1, -0.05) is 29.6 Å². The number of aliphatic hydroxyl groups is 2. The lowest BCUT2D eigenvalue weighted by Crippen LogP contribution is -2.47. The van der Waals surface area contributed by atoms with Crippen molar-refractivity contribution in [2.45, 2.75) is 31.8 Å². The van der Waals surface area contributed by atoms with Crippen molar-refractivity contribution in [3.8, 4) is 6.07 Å². The molecule has 4 unspecified atom stereocenters. The van der Waals surface area contributed by atoms with Crippen molar-refractivity contribution in [2.75, 3.05) is 58.0 Å². The number of nitrogens with one attached hydrogen (secondary N) is 2. The van der Waals surface area contributed by atoms with E-state index in [0.29, 0.717) is 11.3 Å². The van der Waals surface area contributed by atoms with Crippen LogP contribution in [0, 0.1) is 11.3 Å². The molecule has 2 aromatic rings. The fourth-order valence-corrected chi connectivity index (χ4v) is 7.63. The lowest BCUT2D eigenvalue weighted by Gasteiger charge is -2.33. The number of ether oxygens (including phenoxy) is 2. The highest BCUT2D eigenvalue weighted by Gasteiger charge is 2.30. The summed E-state index contributed by atoms with van der Waals surface area (Å²) in [5.41, 5.74) is 3.04. The second kappa shape index (κ2) is 13.2. The normalized spacial score (nSPS) is 24.7. The van der Waals surface area contributed by atoms with Crippen molar-refractivity contribution < 1.29 is 19.7 Å². The highest BCUT2D eigenvalue weighted by Crippen LogP contribution is 2.49. The number of nitriles is 1. The maximum absolute atomic E-state index is 10.1. The van der Waals surface area contributed by atoms with Gasteiger partial charge in [0, 0.05) is 39.1 Å². The zero-order chi connectivity index (χ0) is 25.5. The minimum Gasteiger partial charge on any atom is -0.391 e. The van der Waals surface area contributed by atoms with Gasteiger partial charge in [-0.05, 0) is 60.1 Å². The van der Waals surface area contributed by atoms with Gasteiger partial charge in [0.15, 0.2) is 6.29 Å². The second-order valence-corrected chi connectivity index (χ2v) is 13.2. The highest BCUT2D eigenvalue weighted by atomic mass is 32.7. The van der Waals surface area contributed by atoms with E-state index in [1.807, 2.05) is 13.6 Å². The third kappa shape index (κ3) is 7.41. The van der Waals surface area contributed by atoms with Gasteiger partial charge in [-0.2, -0.15) is 5.26 Å². The van der Waals surface area contributed by atoms with Gasteiger partial charge in [0.1, 0.15) is 6.07 Å². The Labute approximate surface area is 218 Å². The van der Waals surface area contributed by atoms with Crippen LogP contribution in [0.25, 0.3) is 16.3 Å². The Bertz CT molecular complexity index is 1110. The van der Waals surface area contributed by atoms with E-state index in [9.17, 15) is 15.5 Å². The summed E-state index contributed by atoms with van der Waals surface area (Å²) in [5.74, 6) is 0. The van der Waals surface area contributed by atoms with Gasteiger partial charge in [-0.15, -0.1) is 0 Å². The standard InChI is InChI=1S/C26H35N4O4PS/c1-18(25(16-27)36-35(2)29-24-15-23(31)17-34-26(24)32)19-3-4-21-14-22(6-5-20(21)13-19)28-7-8-30-9-11-33-12-10-30/h3-6,13-14,23-24,26,28-29,31-32H,7-12,15,17H2,1-2H3/b25-18+. The number of nitrogens with zero attached hydrogens (tertiary/aromatic N) is 2. The Kier molecular flexibility index (Phi) is 10.00. The minimum absolute atomic E-state index is 0.143. The molecule has 2 heterocycles. The monoisotopic (exact) mass is 530 g/mol. The van der Waals surface area contributed by atoms with Crippen molar-refractivity contribution in [1.82, 2.24) is 9.99 Å². The number of morpholine rings is 1. The molecule has 4 N–H and O–H groups in total. The number of benzene rings is 2. The molecule has 0 spiro atoms. The molecular weight excluding hydrogens is 495 g/mol. The van der Waals surface area contributed by atoms with Crippen molar-refractivity contribution in [2.24, 2.45) is 0 Å². The molecule has 4 rings (SSSR count). The average molecular weight is 531 g/mol. The van der Waals surface area contributed by atoms with Crippen LogP contribution in [0.15, 0.2) is 41.3 Å². The molecular formula is C26H35N4O4PS. The zero-order valence-corrected chi connectivity index (χ0v) is 22.5. The van der Waals surface area contributed by atoms with E-state index in [2.05, 4.69) is 57.8 Å². The summed E-state index contributed by atoms with van der Waals surface area (Å²) < 4.78 is 10.6. The number of aliphatic hydroxyl groups excluding tert-OH is 2. The van der Waals surface area contributed by atoms with Gasteiger partial charge in [-0.25, -0.2) is 0 Å². The topological polar surface area (TPSA) is 110 Å². The summed E-state index contributed by atoms with van der Waals surface area (Å²) in [6.45, 7) is 9.64. The Hall–Kier alpha value is -1.73. The summed E-state index contributed by atoms with van der Waals surface area (Å²) in [5, 5.41) is 38.9. The minimum atomic E-state index is -0.950. The Morgan fingerprint density at radius 2 is 1.94 bits per heavy atom. The molecule has 2 fully saturated rings. The van der Waals surface area contributed by atoms with Gasteiger partial charge >= 0.3 is 0 Å². The van der Waals surface area contributed by atoms with Crippen LogP contribution in [0.4, 0.5) is 5.69 Å². The maximum atomic E-state index is 10.1. The summed E-state index contributed by atoms with van der Waals surface area (Å²) in [6, 6.07) is 14.7. The third-order valence-corrected chi connectivity index (χ3v) is 9.72. The predicted molar refractivity (Wildman–Crippen MR) is 148 cm³/mol. The molecule has 0 aromatic heterocycles. The van der Waals surface area contributed by atoms with E-state index in [0.717, 1.165) is 67.0 Å². The van der Waals surface area contributed by atoms with E-state index < -0.39 is 19.7 Å². The van der Waals surface area contributed by atoms with Crippen molar-refractivity contribution in [1.29, 1.82) is 5.26 Å². The highest BCUT2D eigenvalue weighted by molar-refractivity contribution is 8.57. The first-order chi connectivity index (χ1) is 17.4. The smallest absolute Gasteiger partial charge is 0.170 e. The molecule has 0 amide bonds. The van der Waals surface area contributed by atoms with Crippen molar-refractivity contribution >= 4 is 40.7 Å². The first kappa shape index (κ1) is 27.3. The lowest BCUT2D eigenvalue weighted by molar-refractivity contribution is -0.169. The van der Waals surface area contributed by atoms with Gasteiger partial charge in [-0.3, -0.25) is 9.99 Å². The number of rotatable bonds is 9. The van der Waals surface area contributed by atoms with E-state index in [1.165, 1.54) is 11.4 Å². The van der Waals surface area contributed by atoms with Gasteiger partial charge in [0.05, 0.1) is 36.9 Å². The van der Waals surface area contributed by atoms with Crippen LogP contribution < -0.4 is 10.4 Å². The lowest BCUT2D eigenvalue weighted by atomic mass is 10.0. The van der Waals surface area contributed by atoms with Crippen LogP contribution in [-0.2, 0) is 9.47 Å². The molecule has 8 nitrogen and oxygen atoms in total. The van der Waals surface area contributed by atoms with Crippen LogP contribution in [0.1, 0.15) is 18.9 Å². The van der Waals surface area contributed by atoms with Crippen LogP contribution in [0.3, 0.4) is 0 Å². The Balaban J connectivity index is 1.38. The molecule has 0 saturated carbocycles. The van der Waals surface area contributed by atoms with E-state index in [1.54, 1.807) is 0 Å². The number of allylic oxidation sites excluding steroid dienone is 2. The summed E-state index contributed by atoms with van der Waals surface area (Å²) >= 11 is 1.48. The molecule has 4 atom stereocenters. The van der Waals surface area contributed by atoms with Crippen LogP contribution in [0.2, 0.25) is 0 Å². The number of hydrogen-bond donors (Lipinski definition) is 4. The molecule has 0 aliphatic carbocycles. The van der Waals surface area contributed by atoms with Crippen molar-refractivity contribution in [3.05, 3.63) is 46.9 Å². The van der Waals surface area contributed by atoms with E-state index in [4.69, 9.17) is 9.47 Å². The molecule has 36 heavy (non-hydrogen) atoms. The largest absolute Gasteiger partial charge is 0.391 e. The first-order valence-corrected chi connectivity index (χ1v) is 15.5. The van der Waals surface area contributed by atoms with E-state index in [-0.39, 0.29) is 12.6 Å². The zero-order valence-electron chi connectivity index (χ0n) is 20.8. The first-order valence-electron chi connectivity index (χ1n) is 12.3. The van der Waals surface area contributed by atoms with Crippen molar-refractivity contribution in [3.63, 3.8) is 0 Å². The molecule has 0 bridgehead atoms. The fraction of sp³-hybridized carbons (Fsp3) is 0.500. The Morgan fingerprint density at radius 3 is 2.72 bits per heavy atom. The Morgan fingerprint density at radius 1 is 1.19 bits per heavy atom. The predicted octanol–water partition coefficient (Wildman–Crippen LogP) is 3.57. The number of fused-ring (bicyclic) bond motifs is 1. The number of hydrogen-bond acceptors (Lipinski definition) is 9. The maximum Gasteiger partial charge on any atom is 0.170 e. The van der Waals surface area contributed by atoms with E-state index >= 15 is 0 Å². The molecule has 10 heteroatoms. The average Bonchev–Trinajstić information content (AvgIpc) is 2.89. The van der Waals surface area contributed by atoms with Crippen LogP contribution >= 0.6 is 18.7 Å². The van der Waals surface area contributed by atoms with Gasteiger partial charge in [0.2, 0.25) is 0 Å². The van der Waals surface area contributed by atoms with Crippen LogP contribution in [0.5, 0.6) is 0 Å². The van der Waals surface area contributed by atoms with Gasteiger partial charge in [0.25, 0.3) is 0 Å².